The van der Waals surface area contributed by atoms with Gasteiger partial charge in [0.25, 0.3) is 0 Å². The van der Waals surface area contributed by atoms with Crippen molar-refractivity contribution < 1.29 is 14.7 Å². The first-order chi connectivity index (χ1) is 9.15. The Morgan fingerprint density at radius 3 is 2.53 bits per heavy atom. The zero-order chi connectivity index (χ0) is 13.7. The zero-order valence-corrected chi connectivity index (χ0v) is 11.0. The van der Waals surface area contributed by atoms with E-state index in [2.05, 4.69) is 17.5 Å². The van der Waals surface area contributed by atoms with Crippen molar-refractivity contribution >= 4 is 12.0 Å². The summed E-state index contributed by atoms with van der Waals surface area (Å²) in [4.78, 5) is 26.3. The van der Waals surface area contributed by atoms with Gasteiger partial charge in [0.05, 0.1) is 6.54 Å². The highest BCUT2D eigenvalue weighted by atomic mass is 16.4. The van der Waals surface area contributed by atoms with Crippen LogP contribution >= 0.6 is 0 Å². The number of aliphatic carboxylic acids is 1. The van der Waals surface area contributed by atoms with E-state index in [1.54, 1.807) is 4.90 Å². The number of nitrogens with one attached hydrogen (secondary N) is 1. The van der Waals surface area contributed by atoms with Gasteiger partial charge in [-0.1, -0.05) is 12.2 Å². The van der Waals surface area contributed by atoms with Crippen LogP contribution in [0, 0.1) is 0 Å². The largest absolute Gasteiger partial charge is 0.480 e. The summed E-state index contributed by atoms with van der Waals surface area (Å²) in [6.07, 6.45) is 7.19. The van der Waals surface area contributed by atoms with Gasteiger partial charge in [-0.05, 0) is 19.3 Å². The normalized spacial score (nSPS) is 24.2. The third-order valence-corrected chi connectivity index (χ3v) is 3.62. The molecule has 1 fully saturated rings. The van der Waals surface area contributed by atoms with Crippen LogP contribution in [0.5, 0.6) is 0 Å². The number of nitrogens with zero attached hydrogens (tertiary/aromatic N) is 2. The van der Waals surface area contributed by atoms with Crippen LogP contribution in [0.25, 0.3) is 0 Å². The van der Waals surface area contributed by atoms with Gasteiger partial charge in [0, 0.05) is 32.2 Å². The van der Waals surface area contributed by atoms with Gasteiger partial charge in [0.15, 0.2) is 0 Å². The third-order valence-electron chi connectivity index (χ3n) is 3.62. The molecule has 106 valence electrons. The van der Waals surface area contributed by atoms with Crippen molar-refractivity contribution in [3.05, 3.63) is 12.2 Å². The second-order valence-electron chi connectivity index (χ2n) is 5.09. The average molecular weight is 267 g/mol. The van der Waals surface area contributed by atoms with E-state index in [1.807, 2.05) is 4.90 Å². The summed E-state index contributed by atoms with van der Waals surface area (Å²) in [5, 5.41) is 11.8. The summed E-state index contributed by atoms with van der Waals surface area (Å²) in [5.74, 6) is -0.813. The number of carboxylic acids is 1. The Morgan fingerprint density at radius 2 is 1.95 bits per heavy atom. The van der Waals surface area contributed by atoms with Crippen LogP contribution in [0.2, 0.25) is 0 Å². The van der Waals surface area contributed by atoms with E-state index < -0.39 is 5.97 Å². The van der Waals surface area contributed by atoms with Crippen molar-refractivity contribution in [3.63, 3.8) is 0 Å². The molecule has 0 aromatic heterocycles. The second kappa shape index (κ2) is 6.56. The molecule has 0 radical (unpaired) electrons. The van der Waals surface area contributed by atoms with Crippen molar-refractivity contribution in [2.45, 2.75) is 25.3 Å². The van der Waals surface area contributed by atoms with E-state index in [4.69, 9.17) is 5.11 Å². The van der Waals surface area contributed by atoms with E-state index in [0.717, 1.165) is 19.3 Å². The molecular formula is C13H21N3O3. The smallest absolute Gasteiger partial charge is 0.317 e. The molecule has 1 aliphatic heterocycles. The third kappa shape index (κ3) is 4.24. The molecule has 2 aliphatic rings. The molecule has 0 bridgehead atoms. The van der Waals surface area contributed by atoms with Crippen molar-refractivity contribution in [3.8, 4) is 0 Å². The predicted octanol–water partition coefficient (Wildman–Crippen LogP) is 0.507. The van der Waals surface area contributed by atoms with Gasteiger partial charge in [-0.3, -0.25) is 9.69 Å². The van der Waals surface area contributed by atoms with Crippen LogP contribution in [0.15, 0.2) is 12.2 Å². The lowest BCUT2D eigenvalue weighted by Crippen LogP contribution is -2.54. The summed E-state index contributed by atoms with van der Waals surface area (Å²) in [6, 6.07) is 0.227. The Labute approximate surface area is 113 Å². The van der Waals surface area contributed by atoms with Crippen molar-refractivity contribution in [2.75, 3.05) is 32.7 Å². The van der Waals surface area contributed by atoms with E-state index in [-0.39, 0.29) is 18.6 Å². The van der Waals surface area contributed by atoms with Gasteiger partial charge in [-0.25, -0.2) is 4.79 Å². The van der Waals surface area contributed by atoms with Crippen LogP contribution < -0.4 is 5.32 Å². The van der Waals surface area contributed by atoms with E-state index in [1.165, 1.54) is 0 Å². The number of rotatable bonds is 3. The van der Waals surface area contributed by atoms with E-state index >= 15 is 0 Å². The second-order valence-corrected chi connectivity index (χ2v) is 5.09. The molecule has 1 aliphatic carbocycles. The van der Waals surface area contributed by atoms with Crippen molar-refractivity contribution in [2.24, 2.45) is 0 Å². The van der Waals surface area contributed by atoms with Gasteiger partial charge in [-0.15, -0.1) is 0 Å². The van der Waals surface area contributed by atoms with E-state index in [0.29, 0.717) is 26.2 Å². The maximum Gasteiger partial charge on any atom is 0.317 e. The summed E-state index contributed by atoms with van der Waals surface area (Å²) < 4.78 is 0. The molecule has 1 heterocycles. The van der Waals surface area contributed by atoms with Gasteiger partial charge in [0.1, 0.15) is 0 Å². The molecule has 1 atom stereocenters. The first kappa shape index (κ1) is 13.9. The number of hydrogen-bond donors (Lipinski definition) is 2. The number of urea groups is 1. The lowest BCUT2D eigenvalue weighted by atomic mass is 10.0. The summed E-state index contributed by atoms with van der Waals surface area (Å²) >= 11 is 0. The fraction of sp³-hybridized carbons (Fsp3) is 0.692. The SMILES string of the molecule is O=C(O)CN1CCN(C(=O)NC2CC=CCC2)CC1. The molecular weight excluding hydrogens is 246 g/mol. The zero-order valence-electron chi connectivity index (χ0n) is 11.0. The standard InChI is InChI=1S/C13H21N3O3/c17-12(18)10-15-6-8-16(9-7-15)13(19)14-11-4-2-1-3-5-11/h1-2,11H,3-10H2,(H,14,19)(H,17,18). The quantitative estimate of drug-likeness (QED) is 0.731. The first-order valence-electron chi connectivity index (χ1n) is 6.80. The van der Waals surface area contributed by atoms with Crippen LogP contribution in [0.4, 0.5) is 4.79 Å². The minimum absolute atomic E-state index is 0.0183. The number of hydrogen-bond acceptors (Lipinski definition) is 3. The van der Waals surface area contributed by atoms with Crippen molar-refractivity contribution in [1.29, 1.82) is 0 Å². The Balaban J connectivity index is 1.72. The van der Waals surface area contributed by atoms with Crippen LogP contribution in [0.1, 0.15) is 19.3 Å². The average Bonchev–Trinajstić information content (AvgIpc) is 2.40. The molecule has 0 spiro atoms. The van der Waals surface area contributed by atoms with Gasteiger partial charge in [0.2, 0.25) is 0 Å². The molecule has 6 heteroatoms. The molecule has 2 amide bonds. The highest BCUT2D eigenvalue weighted by Gasteiger charge is 2.23. The monoisotopic (exact) mass is 267 g/mol. The maximum absolute atomic E-state index is 12.1. The fourth-order valence-corrected chi connectivity index (χ4v) is 2.49. The number of carbonyl (C=O) groups excluding carboxylic acids is 1. The highest BCUT2D eigenvalue weighted by Crippen LogP contribution is 2.11. The summed E-state index contributed by atoms with van der Waals surface area (Å²) in [5.41, 5.74) is 0. The first-order valence-corrected chi connectivity index (χ1v) is 6.80. The molecule has 0 saturated carbocycles. The lowest BCUT2D eigenvalue weighted by molar-refractivity contribution is -0.138. The van der Waals surface area contributed by atoms with Gasteiger partial charge < -0.3 is 15.3 Å². The molecule has 2 rings (SSSR count). The minimum Gasteiger partial charge on any atom is -0.480 e. The molecule has 1 saturated heterocycles. The van der Waals surface area contributed by atoms with Crippen molar-refractivity contribution in [1.82, 2.24) is 15.1 Å². The number of amides is 2. The number of piperazine rings is 1. The van der Waals surface area contributed by atoms with Crippen LogP contribution in [-0.4, -0.2) is 65.7 Å². The Bertz CT molecular complexity index is 362. The Hall–Kier alpha value is -1.56. The molecule has 2 N–H and O–H groups in total. The summed E-state index contributed by atoms with van der Waals surface area (Å²) in [7, 11) is 0. The summed E-state index contributed by atoms with van der Waals surface area (Å²) in [6.45, 7) is 2.51. The molecule has 6 nitrogen and oxygen atoms in total. The Morgan fingerprint density at radius 1 is 1.21 bits per heavy atom. The Kier molecular flexibility index (Phi) is 4.79. The van der Waals surface area contributed by atoms with Gasteiger partial charge >= 0.3 is 12.0 Å². The predicted molar refractivity (Wildman–Crippen MR) is 71.0 cm³/mol. The highest BCUT2D eigenvalue weighted by molar-refractivity contribution is 5.74. The lowest BCUT2D eigenvalue weighted by Gasteiger charge is -2.34. The van der Waals surface area contributed by atoms with E-state index in [9.17, 15) is 9.59 Å². The number of carboxylic acid groups (broad SMARTS) is 1. The number of carbonyl (C=O) groups is 2. The molecule has 19 heavy (non-hydrogen) atoms. The van der Waals surface area contributed by atoms with Gasteiger partial charge in [-0.2, -0.15) is 0 Å². The topological polar surface area (TPSA) is 72.9 Å². The molecule has 0 aromatic rings. The minimum atomic E-state index is -0.813. The van der Waals surface area contributed by atoms with Crippen LogP contribution in [0.3, 0.4) is 0 Å². The van der Waals surface area contributed by atoms with Crippen LogP contribution in [-0.2, 0) is 4.79 Å². The maximum atomic E-state index is 12.1. The number of allylic oxidation sites excluding steroid dienone is 1. The fourth-order valence-electron chi connectivity index (χ4n) is 2.49. The molecule has 1 unspecified atom stereocenters. The molecule has 0 aromatic carbocycles.